The van der Waals surface area contributed by atoms with Gasteiger partial charge in [-0.05, 0) is 96.7 Å². The Morgan fingerprint density at radius 2 is 1.81 bits per heavy atom. The van der Waals surface area contributed by atoms with Gasteiger partial charge in [-0.1, -0.05) is 61.5 Å². The first-order valence-electron chi connectivity index (χ1n) is 14.6. The average Bonchev–Trinajstić information content (AvgIpc) is 2.79. The number of Topliss-reactive ketones (excluding diaryl/α,β-unsaturated/α-hetero) is 2. The number of hydrogen-bond acceptors (Lipinski definition) is 4. The van der Waals surface area contributed by atoms with Crippen LogP contribution in [-0.4, -0.2) is 25.3 Å². The molecule has 0 aliphatic heterocycles. The van der Waals surface area contributed by atoms with E-state index >= 15 is 0 Å². The first-order valence-corrected chi connectivity index (χ1v) is 14.6. The minimum absolute atomic E-state index is 0.0140. The number of nitriles is 1. The molecule has 0 heterocycles. The number of ether oxygens (including phenoxy) is 1. The van der Waals surface area contributed by atoms with E-state index in [1.807, 2.05) is 20.1 Å². The van der Waals surface area contributed by atoms with Gasteiger partial charge < -0.3 is 9.53 Å². The minimum Gasteiger partial charge on any atom is -0.384 e. The molecule has 0 N–H and O–H groups in total. The Balaban J connectivity index is 1.99. The second-order valence-electron chi connectivity index (χ2n) is 15.2. The number of carbonyl (C=O) groups is 2. The zero-order valence-electron chi connectivity index (χ0n) is 25.4. The lowest BCUT2D eigenvalue weighted by atomic mass is 9.41. The minimum atomic E-state index is -0.347. The predicted octanol–water partition coefficient (Wildman–Crippen LogP) is 7.96. The highest BCUT2D eigenvalue weighted by Gasteiger charge is 2.61. The third kappa shape index (κ3) is 5.24. The van der Waals surface area contributed by atoms with Crippen molar-refractivity contribution in [3.63, 3.8) is 0 Å². The average molecular weight is 512 g/mol. The zero-order chi connectivity index (χ0) is 28.0. The van der Waals surface area contributed by atoms with Crippen molar-refractivity contribution in [3.05, 3.63) is 11.6 Å². The maximum Gasteiger partial charge on any atom is 0.176 e. The van der Waals surface area contributed by atoms with Gasteiger partial charge in [-0.3, -0.25) is 4.79 Å². The van der Waals surface area contributed by atoms with Crippen LogP contribution in [-0.2, 0) is 14.3 Å². The highest BCUT2D eigenvalue weighted by Crippen LogP contribution is 2.66. The number of hydrogen-bond donors (Lipinski definition) is 0. The quantitative estimate of drug-likeness (QED) is 0.331. The number of allylic oxidation sites excluding steroid dienone is 2. The molecule has 0 aromatic carbocycles. The Morgan fingerprint density at radius 1 is 1.16 bits per heavy atom. The van der Waals surface area contributed by atoms with Crippen LogP contribution in [0.2, 0.25) is 0 Å². The molecule has 37 heavy (non-hydrogen) atoms. The third-order valence-electron chi connectivity index (χ3n) is 12.1. The molecule has 0 saturated heterocycles. The fourth-order valence-electron chi connectivity index (χ4n) is 9.10. The lowest BCUT2D eigenvalue weighted by Crippen LogP contribution is -2.57. The zero-order valence-corrected chi connectivity index (χ0v) is 25.4. The van der Waals surface area contributed by atoms with Crippen molar-refractivity contribution in [2.45, 2.75) is 114 Å². The maximum atomic E-state index is 12.9. The molecule has 0 spiro atoms. The van der Waals surface area contributed by atoms with Crippen molar-refractivity contribution < 1.29 is 14.3 Å². The van der Waals surface area contributed by atoms with Crippen LogP contribution in [0.15, 0.2) is 11.6 Å². The van der Waals surface area contributed by atoms with Gasteiger partial charge in [0.05, 0.1) is 12.2 Å². The molecule has 4 nitrogen and oxygen atoms in total. The number of carbonyl (C=O) groups excluding carboxylic acids is 2. The molecule has 3 aliphatic carbocycles. The summed E-state index contributed by atoms with van der Waals surface area (Å²) in [7, 11) is 1.84. The number of methoxy groups -OCH3 is 1. The number of nitrogens with zero attached hydrogens (tertiary/aromatic N) is 1. The molecule has 0 aromatic heterocycles. The molecule has 0 radical (unpaired) electrons. The molecular formula is C33H53NO3. The highest BCUT2D eigenvalue weighted by molar-refractivity contribution is 6.01. The maximum absolute atomic E-state index is 12.9. The normalized spacial score (nSPS) is 39.9. The molecular weight excluding hydrogens is 458 g/mol. The molecule has 1 unspecified atom stereocenters. The SMILES string of the molecule is COC[C@]1(CCC(C)(C)[C@]2(C)CC[C@H]3[C@H](C)C(=O)C(C#N)=C[C@]3(C)[C@H]2CC(C)=O)CCC(C)(C)CC1C. The second-order valence-corrected chi connectivity index (χ2v) is 15.2. The molecule has 2 fully saturated rings. The van der Waals surface area contributed by atoms with Crippen LogP contribution in [0.3, 0.4) is 0 Å². The summed E-state index contributed by atoms with van der Waals surface area (Å²) >= 11 is 0. The first kappa shape index (κ1) is 30.1. The van der Waals surface area contributed by atoms with Crippen LogP contribution in [0.4, 0.5) is 0 Å². The summed E-state index contributed by atoms with van der Waals surface area (Å²) in [6.07, 6.45) is 10.3. The Hall–Kier alpha value is -1.47. The van der Waals surface area contributed by atoms with Gasteiger partial charge in [0.2, 0.25) is 0 Å². The smallest absolute Gasteiger partial charge is 0.176 e. The molecule has 3 aliphatic rings. The summed E-state index contributed by atoms with van der Waals surface area (Å²) in [5, 5.41) is 9.79. The van der Waals surface area contributed by atoms with Crippen molar-refractivity contribution >= 4 is 11.6 Å². The van der Waals surface area contributed by atoms with Crippen LogP contribution in [0.25, 0.3) is 0 Å². The summed E-state index contributed by atoms with van der Waals surface area (Å²) < 4.78 is 5.85. The number of rotatable bonds is 8. The van der Waals surface area contributed by atoms with Gasteiger partial charge in [-0.25, -0.2) is 0 Å². The molecule has 3 rings (SSSR count). The lowest BCUT2D eigenvalue weighted by molar-refractivity contribution is -0.146. The van der Waals surface area contributed by atoms with Crippen LogP contribution in [0, 0.1) is 62.1 Å². The molecule has 2 saturated carbocycles. The Bertz CT molecular complexity index is 971. The van der Waals surface area contributed by atoms with E-state index in [1.165, 1.54) is 19.3 Å². The van der Waals surface area contributed by atoms with E-state index in [0.717, 1.165) is 32.3 Å². The van der Waals surface area contributed by atoms with Crippen molar-refractivity contribution in [2.75, 3.05) is 13.7 Å². The van der Waals surface area contributed by atoms with E-state index in [0.29, 0.717) is 23.3 Å². The van der Waals surface area contributed by atoms with Gasteiger partial charge in [-0.2, -0.15) is 5.26 Å². The third-order valence-corrected chi connectivity index (χ3v) is 12.1. The topological polar surface area (TPSA) is 67.2 Å². The van der Waals surface area contributed by atoms with Crippen molar-refractivity contribution in [1.29, 1.82) is 5.26 Å². The van der Waals surface area contributed by atoms with E-state index in [9.17, 15) is 14.9 Å². The van der Waals surface area contributed by atoms with E-state index < -0.39 is 0 Å². The van der Waals surface area contributed by atoms with Crippen molar-refractivity contribution in [3.8, 4) is 6.07 Å². The van der Waals surface area contributed by atoms with Gasteiger partial charge in [0.25, 0.3) is 0 Å². The fraction of sp³-hybridized carbons (Fsp3) is 0.848. The van der Waals surface area contributed by atoms with E-state index in [1.54, 1.807) is 6.92 Å². The van der Waals surface area contributed by atoms with Crippen LogP contribution in [0.1, 0.15) is 114 Å². The molecule has 7 atom stereocenters. The summed E-state index contributed by atoms with van der Waals surface area (Å²) in [5.41, 5.74) is 0.416. The Morgan fingerprint density at radius 3 is 2.35 bits per heavy atom. The first-order chi connectivity index (χ1) is 17.0. The Kier molecular flexibility index (Phi) is 8.34. The largest absolute Gasteiger partial charge is 0.384 e. The molecule has 0 bridgehead atoms. The standard InChI is InChI=1S/C33H53NO3/c1-22-18-29(4,5)13-15-33(22,21-37-10)16-14-30(6,7)32(9)12-11-26-24(3)28(36)25(20-34)19-31(26,8)27(32)17-23(2)35/h19,22,24,26-27H,11-18,21H2,1-10H3/t22?,24-,26-,27+,31-,32+,33+/m0/s1. The van der Waals surface area contributed by atoms with Gasteiger partial charge in [0, 0.05) is 19.4 Å². The van der Waals surface area contributed by atoms with Gasteiger partial charge in [0.1, 0.15) is 11.9 Å². The van der Waals surface area contributed by atoms with Crippen molar-refractivity contribution in [1.82, 2.24) is 0 Å². The monoisotopic (exact) mass is 511 g/mol. The van der Waals surface area contributed by atoms with Crippen LogP contribution >= 0.6 is 0 Å². The predicted molar refractivity (Wildman–Crippen MR) is 150 cm³/mol. The summed E-state index contributed by atoms with van der Waals surface area (Å²) in [5.74, 6) is 0.863. The van der Waals surface area contributed by atoms with E-state index in [-0.39, 0.29) is 51.0 Å². The summed E-state index contributed by atoms with van der Waals surface area (Å²) in [6, 6.07) is 2.19. The van der Waals surface area contributed by atoms with E-state index in [2.05, 4.69) is 54.5 Å². The van der Waals surface area contributed by atoms with Gasteiger partial charge >= 0.3 is 0 Å². The fourth-order valence-corrected chi connectivity index (χ4v) is 9.10. The number of ketones is 2. The van der Waals surface area contributed by atoms with Crippen LogP contribution in [0.5, 0.6) is 0 Å². The van der Waals surface area contributed by atoms with Gasteiger partial charge in [0.15, 0.2) is 5.78 Å². The van der Waals surface area contributed by atoms with E-state index in [4.69, 9.17) is 4.74 Å². The summed E-state index contributed by atoms with van der Waals surface area (Å²) in [6.45, 7) is 21.2. The molecule has 0 aromatic rings. The van der Waals surface area contributed by atoms with Crippen LogP contribution < -0.4 is 0 Å². The number of fused-ring (bicyclic) bond motifs is 1. The lowest BCUT2D eigenvalue weighted by Gasteiger charge is -2.63. The van der Waals surface area contributed by atoms with Crippen molar-refractivity contribution in [2.24, 2.45) is 50.7 Å². The molecule has 4 heteroatoms. The second kappa shape index (κ2) is 10.3. The molecule has 0 amide bonds. The van der Waals surface area contributed by atoms with Gasteiger partial charge in [-0.15, -0.1) is 0 Å². The molecule has 208 valence electrons. The Labute approximate surface area is 227 Å². The highest BCUT2D eigenvalue weighted by atomic mass is 16.5. The summed E-state index contributed by atoms with van der Waals surface area (Å²) in [4.78, 5) is 25.6.